The summed E-state index contributed by atoms with van der Waals surface area (Å²) in [4.78, 5) is 6.42. The Morgan fingerprint density at radius 3 is 2.82 bits per heavy atom. The van der Waals surface area contributed by atoms with E-state index in [0.717, 1.165) is 24.3 Å². The molecule has 2 N–H and O–H groups in total. The van der Waals surface area contributed by atoms with Crippen LogP contribution in [0.2, 0.25) is 0 Å². The van der Waals surface area contributed by atoms with Gasteiger partial charge in [-0.2, -0.15) is 11.8 Å². The zero-order valence-corrected chi connectivity index (χ0v) is 16.8. The molecule has 0 aliphatic carbocycles. The summed E-state index contributed by atoms with van der Waals surface area (Å²) in [6.07, 6.45) is 2.67. The third-order valence-corrected chi connectivity index (χ3v) is 5.03. The smallest absolute Gasteiger partial charge is 0.191 e. The van der Waals surface area contributed by atoms with Crippen LogP contribution in [0.4, 0.5) is 5.69 Å². The highest BCUT2D eigenvalue weighted by Gasteiger charge is 2.15. The van der Waals surface area contributed by atoms with Gasteiger partial charge in [0.05, 0.1) is 0 Å². The van der Waals surface area contributed by atoms with Gasteiger partial charge in [-0.15, -0.1) is 24.0 Å². The molecule has 0 radical (unpaired) electrons. The van der Waals surface area contributed by atoms with Crippen LogP contribution in [0.5, 0.6) is 0 Å². The highest BCUT2D eigenvalue weighted by atomic mass is 127. The molecule has 4 nitrogen and oxygen atoms in total. The van der Waals surface area contributed by atoms with E-state index in [9.17, 15) is 0 Å². The largest absolute Gasteiger partial charge is 0.378 e. The predicted molar refractivity (Wildman–Crippen MR) is 110 cm³/mol. The van der Waals surface area contributed by atoms with Gasteiger partial charge in [-0.3, -0.25) is 4.99 Å². The molecule has 1 aliphatic rings. The molecule has 1 atom stereocenters. The summed E-state index contributed by atoms with van der Waals surface area (Å²) in [5, 5.41) is 7.55. The van der Waals surface area contributed by atoms with Gasteiger partial charge in [0.25, 0.3) is 0 Å². The van der Waals surface area contributed by atoms with Crippen LogP contribution in [0.1, 0.15) is 18.4 Å². The molecule has 1 heterocycles. The first-order valence-corrected chi connectivity index (χ1v) is 8.56. The Labute approximate surface area is 155 Å². The van der Waals surface area contributed by atoms with Gasteiger partial charge in [-0.05, 0) is 36.3 Å². The normalized spacial score (nSPS) is 17.8. The molecule has 2 rings (SSSR count). The first kappa shape index (κ1) is 19.4. The summed E-state index contributed by atoms with van der Waals surface area (Å²) in [5.41, 5.74) is 2.49. The first-order valence-electron chi connectivity index (χ1n) is 7.51. The van der Waals surface area contributed by atoms with Gasteiger partial charge < -0.3 is 15.5 Å². The summed E-state index contributed by atoms with van der Waals surface area (Å²) in [6, 6.07) is 8.55. The van der Waals surface area contributed by atoms with Gasteiger partial charge in [-0.1, -0.05) is 12.1 Å². The molecular formula is C16H27IN4S. The van der Waals surface area contributed by atoms with Crippen LogP contribution in [0, 0.1) is 0 Å². The number of aliphatic imine (C=N–C) groups is 1. The number of nitrogens with zero attached hydrogens (tertiary/aromatic N) is 2. The van der Waals surface area contributed by atoms with Crippen molar-refractivity contribution >= 4 is 47.4 Å². The van der Waals surface area contributed by atoms with Gasteiger partial charge in [0, 0.05) is 45.2 Å². The fraction of sp³-hybridized carbons (Fsp3) is 0.562. The lowest BCUT2D eigenvalue weighted by atomic mass is 10.2. The maximum Gasteiger partial charge on any atom is 0.191 e. The topological polar surface area (TPSA) is 39.7 Å². The van der Waals surface area contributed by atoms with Gasteiger partial charge in [0.1, 0.15) is 0 Å². The lowest BCUT2D eigenvalue weighted by molar-refractivity contribution is 0.726. The Morgan fingerprint density at radius 2 is 2.18 bits per heavy atom. The van der Waals surface area contributed by atoms with Crippen LogP contribution in [-0.2, 0) is 6.54 Å². The van der Waals surface area contributed by atoms with Crippen molar-refractivity contribution in [1.82, 2.24) is 10.6 Å². The van der Waals surface area contributed by atoms with Crippen LogP contribution in [0.15, 0.2) is 29.3 Å². The van der Waals surface area contributed by atoms with Crippen LogP contribution < -0.4 is 15.5 Å². The number of thioether (sulfide) groups is 1. The molecule has 1 saturated heterocycles. The van der Waals surface area contributed by atoms with Crippen molar-refractivity contribution in [2.75, 3.05) is 38.3 Å². The maximum absolute atomic E-state index is 4.30. The van der Waals surface area contributed by atoms with E-state index in [1.807, 2.05) is 7.05 Å². The quantitative estimate of drug-likeness (QED) is 0.425. The molecule has 6 heteroatoms. The minimum Gasteiger partial charge on any atom is -0.378 e. The zero-order valence-electron chi connectivity index (χ0n) is 13.6. The van der Waals surface area contributed by atoms with Gasteiger partial charge in [0.15, 0.2) is 5.96 Å². The molecule has 1 aromatic carbocycles. The van der Waals surface area contributed by atoms with E-state index in [2.05, 4.69) is 70.6 Å². The van der Waals surface area contributed by atoms with Gasteiger partial charge in [0.2, 0.25) is 0 Å². The second-order valence-electron chi connectivity index (χ2n) is 5.51. The Hall–Kier alpha value is -0.630. The van der Waals surface area contributed by atoms with Crippen molar-refractivity contribution in [3.05, 3.63) is 29.8 Å². The Bertz CT molecular complexity index is 473. The fourth-order valence-corrected chi connectivity index (χ4v) is 3.57. The number of benzene rings is 1. The van der Waals surface area contributed by atoms with Crippen molar-refractivity contribution < 1.29 is 0 Å². The van der Waals surface area contributed by atoms with Crippen molar-refractivity contribution in [3.8, 4) is 0 Å². The molecule has 1 aromatic rings. The number of halogens is 1. The Morgan fingerprint density at radius 1 is 1.36 bits per heavy atom. The van der Waals surface area contributed by atoms with Crippen LogP contribution >= 0.6 is 35.7 Å². The second kappa shape index (κ2) is 10.2. The predicted octanol–water partition coefficient (Wildman–Crippen LogP) is 2.93. The van der Waals surface area contributed by atoms with E-state index < -0.39 is 0 Å². The Balaban J connectivity index is 0.00000242. The lowest BCUT2D eigenvalue weighted by Gasteiger charge is -2.16. The molecule has 1 fully saturated rings. The fourth-order valence-electron chi connectivity index (χ4n) is 2.37. The van der Waals surface area contributed by atoms with E-state index in [4.69, 9.17) is 0 Å². The molecule has 0 saturated carbocycles. The molecule has 0 aromatic heterocycles. The van der Waals surface area contributed by atoms with Crippen LogP contribution in [0.25, 0.3) is 0 Å². The number of anilines is 1. The molecule has 0 spiro atoms. The van der Waals surface area contributed by atoms with Gasteiger partial charge >= 0.3 is 0 Å². The first-order chi connectivity index (χ1) is 10.2. The summed E-state index contributed by atoms with van der Waals surface area (Å²) >= 11 is 2.06. The molecule has 1 unspecified atom stereocenters. The van der Waals surface area contributed by atoms with E-state index in [-0.39, 0.29) is 24.0 Å². The minimum absolute atomic E-state index is 0. The second-order valence-corrected chi connectivity index (χ2v) is 6.91. The molecule has 0 bridgehead atoms. The summed E-state index contributed by atoms with van der Waals surface area (Å²) < 4.78 is 0. The number of hydrogen-bond acceptors (Lipinski definition) is 3. The standard InChI is InChI=1S/C16H26N4S.HI/c1-17-16(19-12-15-8-5-9-21-15)18-11-13-6-4-7-14(10-13)20(2)3;/h4,6-7,10,15H,5,8-9,11-12H2,1-3H3,(H2,17,18,19);1H. The number of guanidine groups is 1. The minimum atomic E-state index is 0. The van der Waals surface area contributed by atoms with Crippen LogP contribution in [-0.4, -0.2) is 44.7 Å². The number of rotatable bonds is 5. The highest BCUT2D eigenvalue weighted by Crippen LogP contribution is 2.25. The van der Waals surface area contributed by atoms with E-state index >= 15 is 0 Å². The SMILES string of the molecule is CN=C(NCc1cccc(N(C)C)c1)NCC1CCCS1.I. The average molecular weight is 434 g/mol. The summed E-state index contributed by atoms with van der Waals surface area (Å²) in [6.45, 7) is 1.79. The average Bonchev–Trinajstić information content (AvgIpc) is 3.01. The number of hydrogen-bond donors (Lipinski definition) is 2. The van der Waals surface area contributed by atoms with Crippen molar-refractivity contribution in [3.63, 3.8) is 0 Å². The van der Waals surface area contributed by atoms with Crippen molar-refractivity contribution in [1.29, 1.82) is 0 Å². The summed E-state index contributed by atoms with van der Waals surface area (Å²) in [7, 11) is 5.95. The van der Waals surface area contributed by atoms with Gasteiger partial charge in [-0.25, -0.2) is 0 Å². The molecule has 0 amide bonds. The third-order valence-electron chi connectivity index (χ3n) is 3.63. The van der Waals surface area contributed by atoms with Crippen molar-refractivity contribution in [2.24, 2.45) is 4.99 Å². The zero-order chi connectivity index (χ0) is 15.1. The summed E-state index contributed by atoms with van der Waals surface area (Å²) in [5.74, 6) is 2.19. The molecule has 22 heavy (non-hydrogen) atoms. The van der Waals surface area contributed by atoms with E-state index in [1.165, 1.54) is 29.8 Å². The van der Waals surface area contributed by atoms with Crippen LogP contribution in [0.3, 0.4) is 0 Å². The monoisotopic (exact) mass is 434 g/mol. The van der Waals surface area contributed by atoms with Crippen molar-refractivity contribution in [2.45, 2.75) is 24.6 Å². The number of nitrogens with one attached hydrogen (secondary N) is 2. The highest BCUT2D eigenvalue weighted by molar-refractivity contribution is 14.0. The maximum atomic E-state index is 4.30. The third kappa shape index (κ3) is 6.24. The van der Waals surface area contributed by atoms with E-state index in [0.29, 0.717) is 0 Å². The Kier molecular flexibility index (Phi) is 9.00. The molecule has 1 aliphatic heterocycles. The lowest BCUT2D eigenvalue weighted by Crippen LogP contribution is -2.39. The molecular weight excluding hydrogens is 407 g/mol. The van der Waals surface area contributed by atoms with E-state index in [1.54, 1.807) is 0 Å². The molecule has 124 valence electrons.